The van der Waals surface area contributed by atoms with Crippen LogP contribution in [0.3, 0.4) is 0 Å². The first-order valence-corrected chi connectivity index (χ1v) is 8.18. The van der Waals surface area contributed by atoms with Crippen LogP contribution in [0.15, 0.2) is 12.1 Å². The Labute approximate surface area is 165 Å². The molecule has 0 spiro atoms. The Morgan fingerprint density at radius 1 is 0.762 bits per heavy atom. The summed E-state index contributed by atoms with van der Waals surface area (Å²) in [7, 11) is 0. The van der Waals surface area contributed by atoms with Gasteiger partial charge in [-0.1, -0.05) is 104 Å². The van der Waals surface area contributed by atoms with Gasteiger partial charge < -0.3 is 5.11 Å². The Hall–Kier alpha value is 1.30. The fraction of sp³-hybridized carbons (Fsp3) is 0.300. The summed E-state index contributed by atoms with van der Waals surface area (Å²) in [4.78, 5) is 11.4. The largest absolute Gasteiger partial charge is 0.478 e. The maximum atomic E-state index is 11.4. The van der Waals surface area contributed by atoms with Crippen molar-refractivity contribution in [3.8, 4) is 0 Å². The number of carboxylic acids is 1. The van der Waals surface area contributed by atoms with Crippen LogP contribution in [0.4, 0.5) is 0 Å². The maximum absolute atomic E-state index is 11.4. The average molecular weight is 474 g/mol. The summed E-state index contributed by atoms with van der Waals surface area (Å²) in [6.07, 6.45) is 0. The fourth-order valence-electron chi connectivity index (χ4n) is 1.48. The van der Waals surface area contributed by atoms with E-state index in [4.69, 9.17) is 104 Å². The maximum Gasteiger partial charge on any atom is 0.336 e. The smallest absolute Gasteiger partial charge is 0.336 e. The number of halogens is 9. The number of hydrogen-bond acceptors (Lipinski definition) is 1. The highest BCUT2D eigenvalue weighted by molar-refractivity contribution is 6.69. The second-order valence-electron chi connectivity index (χ2n) is 3.74. The average Bonchev–Trinajstić information content (AvgIpc) is 2.23. The molecule has 0 saturated carbocycles. The van der Waals surface area contributed by atoms with Crippen molar-refractivity contribution in [3.05, 3.63) is 34.4 Å². The first-order valence-electron chi connectivity index (χ1n) is 4.78. The standard InChI is InChI=1S/C10H3Cl9O2/c11-8(12,13)3-1-4(9(14,15)16)6(7(20)21)5(2-3)10(17,18)19/h1-2H,(H,20,21). The van der Waals surface area contributed by atoms with E-state index in [0.29, 0.717) is 0 Å². The Morgan fingerprint density at radius 2 is 1.10 bits per heavy atom. The second kappa shape index (κ2) is 6.66. The fourth-order valence-corrected chi connectivity index (χ4v) is 2.70. The molecular weight excluding hydrogens is 471 g/mol. The van der Waals surface area contributed by atoms with Gasteiger partial charge in [-0.15, -0.1) is 0 Å². The van der Waals surface area contributed by atoms with Crippen molar-refractivity contribution in [2.75, 3.05) is 0 Å². The molecule has 21 heavy (non-hydrogen) atoms. The molecule has 0 atom stereocenters. The lowest BCUT2D eigenvalue weighted by Gasteiger charge is -2.24. The molecule has 1 aromatic carbocycles. The number of aromatic carboxylic acids is 1. The zero-order valence-electron chi connectivity index (χ0n) is 9.41. The van der Waals surface area contributed by atoms with E-state index in [1.165, 1.54) is 0 Å². The molecular formula is C10H3Cl9O2. The topological polar surface area (TPSA) is 37.3 Å². The molecule has 0 aromatic heterocycles. The molecule has 118 valence electrons. The number of hydrogen-bond donors (Lipinski definition) is 1. The molecule has 0 aliphatic heterocycles. The molecule has 0 fully saturated rings. The number of carbonyl (C=O) groups is 1. The molecule has 0 heterocycles. The summed E-state index contributed by atoms with van der Waals surface area (Å²) in [5.41, 5.74) is -1.08. The first kappa shape index (κ1) is 20.3. The third-order valence-electron chi connectivity index (χ3n) is 2.29. The molecule has 1 aromatic rings. The van der Waals surface area contributed by atoms with Crippen LogP contribution < -0.4 is 0 Å². The minimum absolute atomic E-state index is 0.0137. The summed E-state index contributed by atoms with van der Waals surface area (Å²) in [5.74, 6) is -1.46. The Morgan fingerprint density at radius 3 is 1.29 bits per heavy atom. The van der Waals surface area contributed by atoms with Gasteiger partial charge in [0.1, 0.15) is 0 Å². The number of benzene rings is 1. The Bertz CT molecular complexity index is 530. The molecule has 0 bridgehead atoms. The van der Waals surface area contributed by atoms with E-state index in [9.17, 15) is 9.90 Å². The predicted molar refractivity (Wildman–Crippen MR) is 91.1 cm³/mol. The quantitative estimate of drug-likeness (QED) is 0.452. The molecule has 0 unspecified atom stereocenters. The molecule has 0 aliphatic carbocycles. The minimum Gasteiger partial charge on any atom is -0.478 e. The van der Waals surface area contributed by atoms with Gasteiger partial charge in [0.05, 0.1) is 5.56 Å². The minimum atomic E-state index is -2.13. The van der Waals surface area contributed by atoms with E-state index >= 15 is 0 Å². The van der Waals surface area contributed by atoms with Crippen LogP contribution in [0.25, 0.3) is 0 Å². The van der Waals surface area contributed by atoms with E-state index in [-0.39, 0.29) is 16.7 Å². The van der Waals surface area contributed by atoms with Crippen LogP contribution in [0.1, 0.15) is 27.0 Å². The molecule has 2 nitrogen and oxygen atoms in total. The summed E-state index contributed by atoms with van der Waals surface area (Å²) in [6, 6.07) is 2.23. The number of alkyl halides is 9. The third-order valence-corrected chi connectivity index (χ3v) is 4.17. The monoisotopic (exact) mass is 470 g/mol. The molecule has 1 rings (SSSR count). The summed E-state index contributed by atoms with van der Waals surface area (Å²) >= 11 is 51.8. The van der Waals surface area contributed by atoms with Crippen molar-refractivity contribution in [2.24, 2.45) is 0 Å². The van der Waals surface area contributed by atoms with Gasteiger partial charge in [0.2, 0.25) is 11.4 Å². The lowest BCUT2D eigenvalue weighted by molar-refractivity contribution is 0.0694. The van der Waals surface area contributed by atoms with Gasteiger partial charge in [0, 0.05) is 16.7 Å². The second-order valence-corrected chi connectivity index (χ2v) is 10.6. The van der Waals surface area contributed by atoms with E-state index in [2.05, 4.69) is 0 Å². The number of rotatable bonds is 1. The first-order chi connectivity index (χ1) is 9.15. The van der Waals surface area contributed by atoms with Gasteiger partial charge in [0.15, 0.2) is 0 Å². The van der Waals surface area contributed by atoms with Gasteiger partial charge in [-0.25, -0.2) is 4.79 Å². The Balaban J connectivity index is 3.89. The highest BCUT2D eigenvalue weighted by atomic mass is 35.6. The lowest BCUT2D eigenvalue weighted by atomic mass is 9.99. The van der Waals surface area contributed by atoms with E-state index in [1.54, 1.807) is 0 Å². The zero-order chi connectivity index (χ0) is 16.8. The van der Waals surface area contributed by atoms with Crippen molar-refractivity contribution in [2.45, 2.75) is 11.4 Å². The van der Waals surface area contributed by atoms with Gasteiger partial charge in [0.25, 0.3) is 0 Å². The molecule has 0 saturated heterocycles. The molecule has 11 heteroatoms. The van der Waals surface area contributed by atoms with E-state index in [1.807, 2.05) is 0 Å². The van der Waals surface area contributed by atoms with Crippen LogP contribution in [0, 0.1) is 0 Å². The highest BCUT2D eigenvalue weighted by Gasteiger charge is 2.39. The van der Waals surface area contributed by atoms with E-state index < -0.39 is 22.9 Å². The van der Waals surface area contributed by atoms with Crippen LogP contribution in [0.5, 0.6) is 0 Å². The van der Waals surface area contributed by atoms with Crippen LogP contribution in [0.2, 0.25) is 0 Å². The summed E-state index contributed by atoms with van der Waals surface area (Å²) in [5, 5.41) is 9.32. The van der Waals surface area contributed by atoms with Crippen LogP contribution in [-0.2, 0) is 11.4 Å². The van der Waals surface area contributed by atoms with Crippen LogP contribution in [-0.4, -0.2) is 11.1 Å². The summed E-state index contributed by atoms with van der Waals surface area (Å²) in [6.45, 7) is 0. The molecule has 1 N–H and O–H groups in total. The SMILES string of the molecule is O=C(O)c1c(C(Cl)(Cl)Cl)cc(C(Cl)(Cl)Cl)cc1C(Cl)(Cl)Cl. The van der Waals surface area contributed by atoms with Crippen molar-refractivity contribution in [3.63, 3.8) is 0 Å². The van der Waals surface area contributed by atoms with Gasteiger partial charge >= 0.3 is 5.97 Å². The van der Waals surface area contributed by atoms with Gasteiger partial charge in [-0.2, -0.15) is 0 Å². The van der Waals surface area contributed by atoms with Crippen molar-refractivity contribution < 1.29 is 9.90 Å². The molecule has 0 radical (unpaired) electrons. The van der Waals surface area contributed by atoms with Crippen molar-refractivity contribution in [1.82, 2.24) is 0 Å². The normalized spacial score (nSPS) is 13.4. The molecule has 0 amide bonds. The van der Waals surface area contributed by atoms with Crippen molar-refractivity contribution >= 4 is 110 Å². The van der Waals surface area contributed by atoms with Gasteiger partial charge in [-0.05, 0) is 12.1 Å². The van der Waals surface area contributed by atoms with Crippen molar-refractivity contribution in [1.29, 1.82) is 0 Å². The van der Waals surface area contributed by atoms with Gasteiger partial charge in [-0.3, -0.25) is 0 Å². The zero-order valence-corrected chi connectivity index (χ0v) is 16.2. The lowest BCUT2D eigenvalue weighted by Crippen LogP contribution is -2.19. The highest BCUT2D eigenvalue weighted by Crippen LogP contribution is 2.50. The molecule has 0 aliphatic rings. The Kier molecular flexibility index (Phi) is 6.45. The van der Waals surface area contributed by atoms with E-state index in [0.717, 1.165) is 12.1 Å². The predicted octanol–water partition coefficient (Wildman–Crippen LogP) is 6.86. The number of carboxylic acid groups (broad SMARTS) is 1. The van der Waals surface area contributed by atoms with Crippen LogP contribution >= 0.6 is 104 Å². The summed E-state index contributed by atoms with van der Waals surface area (Å²) < 4.78 is -6.21. The third kappa shape index (κ3) is 5.14.